The molecule has 0 aliphatic carbocycles. The van der Waals surface area contributed by atoms with E-state index in [1.54, 1.807) is 23.2 Å². The van der Waals surface area contributed by atoms with Crippen molar-refractivity contribution in [3.05, 3.63) is 40.9 Å². The number of aliphatic carboxylic acids is 1. The fourth-order valence-electron chi connectivity index (χ4n) is 3.73. The first kappa shape index (κ1) is 25.3. The second kappa shape index (κ2) is 10.9. The molecule has 2 aromatic heterocycles. The maximum absolute atomic E-state index is 13.0. The van der Waals surface area contributed by atoms with E-state index < -0.39 is 29.2 Å². The number of β-lactam (4-membered cyclic amide) rings is 1. The minimum atomic E-state index is -1.23. The molecule has 2 aromatic rings. The average Bonchev–Trinajstić information content (AvgIpc) is 3.29. The summed E-state index contributed by atoms with van der Waals surface area (Å²) in [5.41, 5.74) is 6.12. The zero-order chi connectivity index (χ0) is 25.8. The molecule has 1 saturated heterocycles. The third-order valence-electron chi connectivity index (χ3n) is 5.25. The highest BCUT2D eigenvalue weighted by atomic mass is 32.2. The Bertz CT molecular complexity index is 1250. The lowest BCUT2D eigenvalue weighted by Crippen LogP contribution is -2.71. The van der Waals surface area contributed by atoms with E-state index in [-0.39, 0.29) is 35.4 Å². The minimum Gasteiger partial charge on any atom is -0.477 e. The molecule has 4 heterocycles. The molecule has 4 rings (SSSR count). The number of hydrogen-bond donors (Lipinski definition) is 5. The van der Waals surface area contributed by atoms with Crippen molar-refractivity contribution in [2.75, 3.05) is 37.1 Å². The normalized spacial score (nSPS) is 19.4. The van der Waals surface area contributed by atoms with Crippen LogP contribution in [0.25, 0.3) is 0 Å². The van der Waals surface area contributed by atoms with Crippen LogP contribution in [0, 0.1) is 0 Å². The standard InChI is InChI=1S/C20H22N8O6S2/c1-34-26-13(11-9-36-20(21)24-11)16(30)25-14-17(31)28-15(19(32)33)10(8-35-18(14)28)6-27-4-2-22-12(7-27)23-3-5-29/h2,4,7,9,14,18,29H,3,5-6,8H2,1H3,(H4-,21,22,23,24,25,30,32,33)/p+1/b26-13-/t14?,18-/m1/s1. The first-order valence-electron chi connectivity index (χ1n) is 10.6. The summed E-state index contributed by atoms with van der Waals surface area (Å²) < 4.78 is 1.74. The lowest BCUT2D eigenvalue weighted by Gasteiger charge is -2.49. The second-order valence-corrected chi connectivity index (χ2v) is 9.57. The summed E-state index contributed by atoms with van der Waals surface area (Å²) in [4.78, 5) is 52.1. The number of thioether (sulfide) groups is 1. The van der Waals surface area contributed by atoms with Gasteiger partial charge >= 0.3 is 5.97 Å². The Kier molecular flexibility index (Phi) is 7.66. The quantitative estimate of drug-likeness (QED) is 0.104. The predicted molar refractivity (Wildman–Crippen MR) is 130 cm³/mol. The summed E-state index contributed by atoms with van der Waals surface area (Å²) in [6, 6.07) is -0.945. The zero-order valence-corrected chi connectivity index (χ0v) is 20.6. The molecular weight excluding hydrogens is 512 g/mol. The molecule has 36 heavy (non-hydrogen) atoms. The third kappa shape index (κ3) is 5.09. The van der Waals surface area contributed by atoms with Crippen molar-refractivity contribution in [3.63, 3.8) is 0 Å². The van der Waals surface area contributed by atoms with Crippen molar-refractivity contribution in [1.29, 1.82) is 0 Å². The van der Waals surface area contributed by atoms with Gasteiger partial charge in [-0.25, -0.2) is 14.8 Å². The van der Waals surface area contributed by atoms with Gasteiger partial charge < -0.3 is 31.4 Å². The van der Waals surface area contributed by atoms with Gasteiger partial charge in [0.2, 0.25) is 6.20 Å². The molecule has 2 atom stereocenters. The molecular formula is C20H23N8O6S2+. The van der Waals surface area contributed by atoms with Gasteiger partial charge in [0.15, 0.2) is 29.4 Å². The largest absolute Gasteiger partial charge is 0.477 e. The Labute approximate surface area is 212 Å². The molecule has 0 bridgehead atoms. The van der Waals surface area contributed by atoms with E-state index in [2.05, 4.69) is 25.8 Å². The number of nitrogens with one attached hydrogen (secondary N) is 2. The van der Waals surface area contributed by atoms with Crippen molar-refractivity contribution in [1.82, 2.24) is 20.2 Å². The summed E-state index contributed by atoms with van der Waals surface area (Å²) in [7, 11) is 1.27. The number of carbonyl (C=O) groups is 3. The maximum atomic E-state index is 13.0. The third-order valence-corrected chi connectivity index (χ3v) is 7.26. The number of oxime groups is 1. The molecule has 1 fully saturated rings. The van der Waals surface area contributed by atoms with Gasteiger partial charge in [-0.2, -0.15) is 4.57 Å². The summed E-state index contributed by atoms with van der Waals surface area (Å²) in [6.45, 7) is 0.475. The molecule has 0 radical (unpaired) electrons. The monoisotopic (exact) mass is 535 g/mol. The van der Waals surface area contributed by atoms with Crippen molar-refractivity contribution in [2.45, 2.75) is 18.0 Å². The Morgan fingerprint density at radius 1 is 1.44 bits per heavy atom. The summed E-state index contributed by atoms with van der Waals surface area (Å²) in [5.74, 6) is -1.62. The molecule has 6 N–H and O–H groups in total. The predicted octanol–water partition coefficient (Wildman–Crippen LogP) is -1.40. The molecule has 2 aliphatic rings. The smallest absolute Gasteiger partial charge is 0.352 e. The maximum Gasteiger partial charge on any atom is 0.352 e. The number of carbonyl (C=O) groups excluding carboxylic acids is 2. The number of nitrogen functional groups attached to an aromatic ring is 1. The van der Waals surface area contributed by atoms with Crippen LogP contribution in [0.3, 0.4) is 0 Å². The molecule has 2 aliphatic heterocycles. The number of carboxylic acid groups (broad SMARTS) is 1. The first-order valence-corrected chi connectivity index (χ1v) is 12.5. The number of aliphatic hydroxyl groups excluding tert-OH is 1. The summed E-state index contributed by atoms with van der Waals surface area (Å²) in [6.07, 6.45) is 4.91. The minimum absolute atomic E-state index is 0.0612. The van der Waals surface area contributed by atoms with Crippen LogP contribution in [0.1, 0.15) is 5.69 Å². The van der Waals surface area contributed by atoms with Gasteiger partial charge in [0.25, 0.3) is 11.8 Å². The fraction of sp³-hybridized carbons (Fsp3) is 0.350. The van der Waals surface area contributed by atoms with E-state index in [1.807, 2.05) is 0 Å². The number of hydrogen-bond acceptors (Lipinski definition) is 12. The van der Waals surface area contributed by atoms with E-state index in [0.717, 1.165) is 11.3 Å². The topological polar surface area (TPSA) is 196 Å². The lowest BCUT2D eigenvalue weighted by molar-refractivity contribution is -0.688. The lowest BCUT2D eigenvalue weighted by atomic mass is 10.0. The van der Waals surface area contributed by atoms with Crippen LogP contribution in [-0.2, 0) is 25.8 Å². The Morgan fingerprint density at radius 3 is 2.92 bits per heavy atom. The number of aromatic nitrogens is 3. The van der Waals surface area contributed by atoms with Crippen LogP contribution in [-0.4, -0.2) is 86.0 Å². The first-order chi connectivity index (χ1) is 17.3. The van der Waals surface area contributed by atoms with E-state index in [0.29, 0.717) is 23.7 Å². The number of carboxylic acids is 1. The Morgan fingerprint density at radius 2 is 2.25 bits per heavy atom. The number of amides is 2. The van der Waals surface area contributed by atoms with E-state index in [4.69, 9.17) is 15.7 Å². The van der Waals surface area contributed by atoms with Crippen molar-refractivity contribution >= 4 is 57.5 Å². The number of anilines is 2. The van der Waals surface area contributed by atoms with Crippen LogP contribution in [0.15, 0.2) is 40.4 Å². The van der Waals surface area contributed by atoms with Crippen LogP contribution < -0.4 is 20.9 Å². The zero-order valence-electron chi connectivity index (χ0n) is 18.9. The molecule has 14 nitrogen and oxygen atoms in total. The number of aliphatic hydroxyl groups is 1. The highest BCUT2D eigenvalue weighted by Gasteiger charge is 2.54. The number of rotatable bonds is 10. The highest BCUT2D eigenvalue weighted by molar-refractivity contribution is 8.00. The molecule has 16 heteroatoms. The van der Waals surface area contributed by atoms with Gasteiger partial charge in [-0.15, -0.1) is 23.1 Å². The number of nitrogens with two attached hydrogens (primary N) is 1. The van der Waals surface area contributed by atoms with Gasteiger partial charge in [0.05, 0.1) is 12.8 Å². The number of fused-ring (bicyclic) bond motifs is 1. The fourth-order valence-corrected chi connectivity index (χ4v) is 5.62. The van der Waals surface area contributed by atoms with E-state index in [1.165, 1.54) is 29.2 Å². The van der Waals surface area contributed by atoms with Gasteiger partial charge in [0, 0.05) is 23.3 Å². The highest BCUT2D eigenvalue weighted by Crippen LogP contribution is 2.40. The molecule has 2 amide bonds. The van der Waals surface area contributed by atoms with Gasteiger partial charge in [-0.1, -0.05) is 5.16 Å². The molecule has 1 unspecified atom stereocenters. The molecule has 190 valence electrons. The van der Waals surface area contributed by atoms with Crippen molar-refractivity contribution in [2.24, 2.45) is 5.16 Å². The average molecular weight is 536 g/mol. The van der Waals surface area contributed by atoms with Gasteiger partial charge in [-0.3, -0.25) is 14.5 Å². The Hall–Kier alpha value is -3.76. The SMILES string of the molecule is CO/N=C(\C(=O)NC1C(=O)N2C(C(=O)O)=C(C[n+]3ccnc(NCCO)c3)CS[C@H]12)c1csc(N)n1. The summed E-state index contributed by atoms with van der Waals surface area (Å²) in [5, 5.41) is 29.3. The summed E-state index contributed by atoms with van der Waals surface area (Å²) >= 11 is 2.47. The number of thiazole rings is 1. The van der Waals surface area contributed by atoms with Crippen molar-refractivity contribution in [3.8, 4) is 0 Å². The number of nitrogens with zero attached hydrogens (tertiary/aromatic N) is 5. The van der Waals surface area contributed by atoms with Crippen molar-refractivity contribution < 1.29 is 34.0 Å². The molecule has 0 saturated carbocycles. The van der Waals surface area contributed by atoms with Crippen LogP contribution in [0.2, 0.25) is 0 Å². The van der Waals surface area contributed by atoms with Crippen LogP contribution in [0.4, 0.5) is 10.9 Å². The molecule has 0 aromatic carbocycles. The van der Waals surface area contributed by atoms with E-state index >= 15 is 0 Å². The second-order valence-electron chi connectivity index (χ2n) is 7.58. The molecule has 0 spiro atoms. The van der Waals surface area contributed by atoms with Crippen LogP contribution in [0.5, 0.6) is 0 Å². The van der Waals surface area contributed by atoms with E-state index in [9.17, 15) is 19.5 Å². The van der Waals surface area contributed by atoms with Crippen LogP contribution >= 0.6 is 23.1 Å². The van der Waals surface area contributed by atoms with Gasteiger partial charge in [0.1, 0.15) is 29.9 Å². The Balaban J connectivity index is 1.51. The van der Waals surface area contributed by atoms with Gasteiger partial charge in [-0.05, 0) is 0 Å².